The summed E-state index contributed by atoms with van der Waals surface area (Å²) in [5, 5.41) is 9.05. The first-order valence-corrected chi connectivity index (χ1v) is 6.21. The van der Waals surface area contributed by atoms with Crippen LogP contribution in [0, 0.1) is 13.8 Å². The summed E-state index contributed by atoms with van der Waals surface area (Å²) < 4.78 is 5.93. The molecule has 17 heavy (non-hydrogen) atoms. The minimum absolute atomic E-state index is 0.135. The van der Waals surface area contributed by atoms with E-state index in [1.165, 1.54) is 11.3 Å². The second kappa shape index (κ2) is 4.71. The van der Waals surface area contributed by atoms with Crippen LogP contribution in [0.3, 0.4) is 0 Å². The van der Waals surface area contributed by atoms with Crippen LogP contribution >= 0.6 is 11.3 Å². The van der Waals surface area contributed by atoms with E-state index in [1.807, 2.05) is 39.0 Å². The Morgan fingerprint density at radius 1 is 1.24 bits per heavy atom. The van der Waals surface area contributed by atoms with Crippen LogP contribution in [0.2, 0.25) is 0 Å². The maximum absolute atomic E-state index is 5.93. The molecule has 1 atom stereocenters. The second-order valence-corrected chi connectivity index (χ2v) is 5.00. The Balaban J connectivity index is 2.21. The van der Waals surface area contributed by atoms with Crippen molar-refractivity contribution >= 4 is 16.5 Å². The molecule has 0 aliphatic rings. The molecular formula is C12H15N3OS. The maximum atomic E-state index is 5.93. The van der Waals surface area contributed by atoms with E-state index in [0.717, 1.165) is 21.9 Å². The lowest BCUT2D eigenvalue weighted by Gasteiger charge is -2.15. The first-order valence-electron chi connectivity index (χ1n) is 5.39. The lowest BCUT2D eigenvalue weighted by Crippen LogP contribution is -2.05. The molecule has 0 spiro atoms. The van der Waals surface area contributed by atoms with Gasteiger partial charge in [-0.2, -0.15) is 0 Å². The molecular weight excluding hydrogens is 234 g/mol. The molecule has 5 heteroatoms. The Morgan fingerprint density at radius 2 is 1.88 bits per heavy atom. The van der Waals surface area contributed by atoms with Gasteiger partial charge in [0.05, 0.1) is 0 Å². The number of aryl methyl sites for hydroxylation is 2. The van der Waals surface area contributed by atoms with Crippen LogP contribution in [-0.2, 0) is 0 Å². The van der Waals surface area contributed by atoms with Crippen molar-refractivity contribution in [3.63, 3.8) is 0 Å². The third-order valence-corrected chi connectivity index (χ3v) is 3.42. The van der Waals surface area contributed by atoms with Gasteiger partial charge in [0.25, 0.3) is 0 Å². The molecule has 0 bridgehead atoms. The van der Waals surface area contributed by atoms with Gasteiger partial charge >= 0.3 is 0 Å². The lowest BCUT2D eigenvalue weighted by atomic mass is 10.1. The summed E-state index contributed by atoms with van der Waals surface area (Å²) in [6.45, 7) is 6.01. The zero-order valence-corrected chi connectivity index (χ0v) is 10.9. The maximum Gasteiger partial charge on any atom is 0.203 e. The number of aromatic nitrogens is 2. The lowest BCUT2D eigenvalue weighted by molar-refractivity contribution is 0.222. The summed E-state index contributed by atoms with van der Waals surface area (Å²) in [6, 6.07) is 6.08. The van der Waals surface area contributed by atoms with Crippen molar-refractivity contribution in [2.45, 2.75) is 26.9 Å². The van der Waals surface area contributed by atoms with E-state index >= 15 is 0 Å². The van der Waals surface area contributed by atoms with Crippen molar-refractivity contribution in [1.29, 1.82) is 0 Å². The average molecular weight is 249 g/mol. The van der Waals surface area contributed by atoms with Gasteiger partial charge in [0.2, 0.25) is 5.13 Å². The highest BCUT2D eigenvalue weighted by Gasteiger charge is 2.14. The topological polar surface area (TPSA) is 61.0 Å². The van der Waals surface area contributed by atoms with E-state index < -0.39 is 0 Å². The van der Waals surface area contributed by atoms with E-state index in [1.54, 1.807) is 0 Å². The highest BCUT2D eigenvalue weighted by Crippen LogP contribution is 2.29. The second-order valence-electron chi connectivity index (χ2n) is 3.96. The van der Waals surface area contributed by atoms with Gasteiger partial charge in [-0.15, -0.1) is 10.2 Å². The van der Waals surface area contributed by atoms with E-state index in [9.17, 15) is 0 Å². The molecule has 0 saturated heterocycles. The molecule has 1 heterocycles. The molecule has 1 aromatic carbocycles. The summed E-state index contributed by atoms with van der Waals surface area (Å²) in [5.41, 5.74) is 7.80. The molecule has 0 amide bonds. The van der Waals surface area contributed by atoms with Crippen molar-refractivity contribution in [2.75, 3.05) is 5.73 Å². The Bertz CT molecular complexity index is 504. The molecule has 0 fully saturated rings. The number of anilines is 1. The van der Waals surface area contributed by atoms with Gasteiger partial charge in [0.15, 0.2) is 5.01 Å². The molecule has 2 N–H and O–H groups in total. The zero-order valence-electron chi connectivity index (χ0n) is 10.1. The molecule has 0 aliphatic carbocycles. The molecule has 0 radical (unpaired) electrons. The molecule has 2 rings (SSSR count). The highest BCUT2D eigenvalue weighted by atomic mass is 32.1. The van der Waals surface area contributed by atoms with Crippen LogP contribution in [0.5, 0.6) is 5.75 Å². The van der Waals surface area contributed by atoms with Crippen molar-refractivity contribution in [2.24, 2.45) is 0 Å². The van der Waals surface area contributed by atoms with Gasteiger partial charge in [-0.25, -0.2) is 0 Å². The number of rotatable bonds is 3. The van der Waals surface area contributed by atoms with Gasteiger partial charge in [-0.05, 0) is 31.9 Å². The van der Waals surface area contributed by atoms with Gasteiger partial charge in [-0.1, -0.05) is 29.5 Å². The fraction of sp³-hybridized carbons (Fsp3) is 0.333. The molecule has 1 unspecified atom stereocenters. The number of hydrogen-bond donors (Lipinski definition) is 1. The largest absolute Gasteiger partial charge is 0.483 e. The normalized spacial score (nSPS) is 12.4. The predicted molar refractivity (Wildman–Crippen MR) is 69.3 cm³/mol. The minimum atomic E-state index is -0.135. The smallest absolute Gasteiger partial charge is 0.203 e. The van der Waals surface area contributed by atoms with E-state index in [0.29, 0.717) is 5.13 Å². The number of hydrogen-bond acceptors (Lipinski definition) is 5. The van der Waals surface area contributed by atoms with Crippen LogP contribution in [0.25, 0.3) is 0 Å². The van der Waals surface area contributed by atoms with Crippen molar-refractivity contribution in [3.05, 3.63) is 34.3 Å². The van der Waals surface area contributed by atoms with Gasteiger partial charge in [-0.3, -0.25) is 0 Å². The number of nitrogen functional groups attached to an aromatic ring is 1. The summed E-state index contributed by atoms with van der Waals surface area (Å²) in [6.07, 6.45) is -0.135. The van der Waals surface area contributed by atoms with Gasteiger partial charge in [0.1, 0.15) is 11.9 Å². The Kier molecular flexibility index (Phi) is 3.28. The summed E-state index contributed by atoms with van der Waals surface area (Å²) in [7, 11) is 0. The third kappa shape index (κ3) is 2.55. The van der Waals surface area contributed by atoms with Gasteiger partial charge in [0, 0.05) is 0 Å². The predicted octanol–water partition coefficient (Wildman–Crippen LogP) is 2.88. The fourth-order valence-corrected chi connectivity index (χ4v) is 2.21. The molecule has 4 nitrogen and oxygen atoms in total. The van der Waals surface area contributed by atoms with Crippen LogP contribution in [-0.4, -0.2) is 10.2 Å². The Morgan fingerprint density at radius 3 is 2.41 bits per heavy atom. The van der Waals surface area contributed by atoms with Crippen molar-refractivity contribution in [1.82, 2.24) is 10.2 Å². The third-order valence-electron chi connectivity index (χ3n) is 2.51. The summed E-state index contributed by atoms with van der Waals surface area (Å²) in [5.74, 6) is 0.911. The van der Waals surface area contributed by atoms with E-state index in [-0.39, 0.29) is 6.10 Å². The molecule has 0 aliphatic heterocycles. The number of benzene rings is 1. The van der Waals surface area contributed by atoms with Crippen LogP contribution in [0.4, 0.5) is 5.13 Å². The van der Waals surface area contributed by atoms with Crippen molar-refractivity contribution < 1.29 is 4.74 Å². The van der Waals surface area contributed by atoms with Crippen LogP contribution in [0.1, 0.15) is 29.2 Å². The molecule has 90 valence electrons. The number of ether oxygens (including phenoxy) is 1. The average Bonchev–Trinajstić information content (AvgIpc) is 2.70. The SMILES string of the molecule is Cc1cccc(C)c1OC(C)c1nnc(N)s1. The number of para-hydroxylation sites is 1. The van der Waals surface area contributed by atoms with Crippen LogP contribution in [0.15, 0.2) is 18.2 Å². The highest BCUT2D eigenvalue weighted by molar-refractivity contribution is 7.15. The first-order chi connectivity index (χ1) is 8.08. The summed E-state index contributed by atoms with van der Waals surface area (Å²) >= 11 is 1.36. The standard InChI is InChI=1S/C12H15N3OS/c1-7-5-4-6-8(2)10(7)16-9(3)11-14-15-12(13)17-11/h4-6,9H,1-3H3,(H2,13,15). The van der Waals surface area contributed by atoms with Crippen LogP contribution < -0.4 is 10.5 Å². The molecule has 0 saturated carbocycles. The Hall–Kier alpha value is -1.62. The number of nitrogens with two attached hydrogens (primary N) is 1. The summed E-state index contributed by atoms with van der Waals surface area (Å²) in [4.78, 5) is 0. The molecule has 1 aromatic heterocycles. The minimum Gasteiger partial charge on any atom is -0.483 e. The number of nitrogens with zero attached hydrogens (tertiary/aromatic N) is 2. The molecule has 2 aromatic rings. The fourth-order valence-electron chi connectivity index (χ4n) is 1.62. The monoisotopic (exact) mass is 249 g/mol. The van der Waals surface area contributed by atoms with Gasteiger partial charge < -0.3 is 10.5 Å². The zero-order chi connectivity index (χ0) is 12.4. The van der Waals surface area contributed by atoms with E-state index in [2.05, 4.69) is 10.2 Å². The van der Waals surface area contributed by atoms with E-state index in [4.69, 9.17) is 10.5 Å². The first kappa shape index (κ1) is 11.9. The van der Waals surface area contributed by atoms with Crippen molar-refractivity contribution in [3.8, 4) is 5.75 Å². The Labute approximate surface area is 104 Å². The quantitative estimate of drug-likeness (QED) is 0.908.